The van der Waals surface area contributed by atoms with Crippen LogP contribution in [0.4, 0.5) is 16.3 Å². The normalized spacial score (nSPS) is 10.5. The number of aromatic nitrogens is 2. The maximum Gasteiger partial charge on any atom is 0.324 e. The molecule has 170 valence electrons. The molecule has 1 aromatic heterocycles. The molecule has 0 aliphatic rings. The summed E-state index contributed by atoms with van der Waals surface area (Å²) in [7, 11) is 0. The Labute approximate surface area is 202 Å². The van der Waals surface area contributed by atoms with Crippen molar-refractivity contribution >= 4 is 28.4 Å². The van der Waals surface area contributed by atoms with E-state index >= 15 is 0 Å². The van der Waals surface area contributed by atoms with E-state index in [0.29, 0.717) is 28.2 Å². The minimum Gasteiger partial charge on any atom is -0.489 e. The Morgan fingerprint density at radius 2 is 1.63 bits per heavy atom. The fourth-order valence-corrected chi connectivity index (χ4v) is 3.74. The number of nitrogens with zero attached hydrogens (tertiary/aromatic N) is 2. The van der Waals surface area contributed by atoms with Crippen molar-refractivity contribution in [3.63, 3.8) is 0 Å². The second kappa shape index (κ2) is 9.81. The number of carbonyl (C=O) groups excluding carboxylic acids is 1. The summed E-state index contributed by atoms with van der Waals surface area (Å²) >= 11 is 0. The molecule has 7 nitrogen and oxygen atoms in total. The number of carbonyl (C=O) groups is 1. The Hall–Kier alpha value is -5.09. The van der Waals surface area contributed by atoms with Crippen molar-refractivity contribution in [2.45, 2.75) is 6.61 Å². The highest BCUT2D eigenvalue weighted by atomic mass is 16.5. The Kier molecular flexibility index (Phi) is 6.09. The molecule has 0 unspecified atom stereocenters. The van der Waals surface area contributed by atoms with Crippen molar-refractivity contribution in [1.29, 1.82) is 5.26 Å². The zero-order valence-corrected chi connectivity index (χ0v) is 18.7. The topological polar surface area (TPSA) is 103 Å². The van der Waals surface area contributed by atoms with Crippen molar-refractivity contribution in [3.05, 3.63) is 108 Å². The van der Waals surface area contributed by atoms with Gasteiger partial charge in [-0.3, -0.25) is 10.4 Å². The number of nitriles is 1. The monoisotopic (exact) mass is 459 g/mol. The molecule has 0 saturated heterocycles. The highest BCUT2D eigenvalue weighted by molar-refractivity contribution is 6.04. The third-order valence-electron chi connectivity index (χ3n) is 5.55. The molecule has 0 radical (unpaired) electrons. The Balaban J connectivity index is 1.26. The molecule has 2 amide bonds. The van der Waals surface area contributed by atoms with Crippen LogP contribution in [-0.4, -0.2) is 16.2 Å². The predicted molar refractivity (Wildman–Crippen MR) is 136 cm³/mol. The molecular formula is C28H21N5O2. The first-order valence-corrected chi connectivity index (χ1v) is 11.0. The van der Waals surface area contributed by atoms with Gasteiger partial charge in [0, 0.05) is 16.6 Å². The van der Waals surface area contributed by atoms with Crippen LogP contribution in [0.2, 0.25) is 0 Å². The standard InChI is InChI=1S/C28H21N5O2/c29-17-21-8-4-5-9-22(21)18-35-24-14-15-26-25(16-24)27(33-32-26)31-28(34)30-23-12-10-20(11-13-23)19-6-2-1-3-7-19/h1-16H,18H2,(H3,30,31,32,33,34). The highest BCUT2D eigenvalue weighted by Crippen LogP contribution is 2.27. The number of anilines is 2. The molecular weight excluding hydrogens is 438 g/mol. The first-order valence-electron chi connectivity index (χ1n) is 11.0. The average Bonchev–Trinajstić information content (AvgIpc) is 3.30. The third-order valence-corrected chi connectivity index (χ3v) is 5.55. The molecule has 0 bridgehead atoms. The quantitative estimate of drug-likeness (QED) is 0.276. The van der Waals surface area contributed by atoms with Gasteiger partial charge >= 0.3 is 6.03 Å². The Bertz CT molecular complexity index is 1520. The molecule has 5 rings (SSSR count). The molecule has 7 heteroatoms. The molecule has 4 aromatic carbocycles. The molecule has 5 aromatic rings. The van der Waals surface area contributed by atoms with E-state index in [1.807, 2.05) is 84.9 Å². The molecule has 0 fully saturated rings. The maximum atomic E-state index is 12.6. The van der Waals surface area contributed by atoms with Gasteiger partial charge in [-0.15, -0.1) is 0 Å². The van der Waals surface area contributed by atoms with Crippen molar-refractivity contribution in [2.75, 3.05) is 10.6 Å². The summed E-state index contributed by atoms with van der Waals surface area (Å²) < 4.78 is 5.89. The fraction of sp³-hybridized carbons (Fsp3) is 0.0357. The van der Waals surface area contributed by atoms with Gasteiger partial charge in [0.1, 0.15) is 12.4 Å². The van der Waals surface area contributed by atoms with Gasteiger partial charge in [-0.2, -0.15) is 10.4 Å². The number of benzene rings is 4. The lowest BCUT2D eigenvalue weighted by Crippen LogP contribution is -2.19. The largest absolute Gasteiger partial charge is 0.489 e. The van der Waals surface area contributed by atoms with Crippen molar-refractivity contribution in [3.8, 4) is 22.9 Å². The molecule has 0 atom stereocenters. The Morgan fingerprint density at radius 1 is 0.886 bits per heavy atom. The zero-order chi connectivity index (χ0) is 24.0. The number of nitrogens with one attached hydrogen (secondary N) is 3. The summed E-state index contributed by atoms with van der Waals surface area (Å²) in [6.07, 6.45) is 0. The number of hydrogen-bond donors (Lipinski definition) is 3. The van der Waals surface area contributed by atoms with E-state index in [9.17, 15) is 10.1 Å². The van der Waals surface area contributed by atoms with Crippen LogP contribution in [0, 0.1) is 11.3 Å². The summed E-state index contributed by atoms with van der Waals surface area (Å²) in [5.41, 5.74) is 4.99. The Morgan fingerprint density at radius 3 is 2.43 bits per heavy atom. The van der Waals surface area contributed by atoms with E-state index in [-0.39, 0.29) is 6.61 Å². The minimum atomic E-state index is -0.403. The van der Waals surface area contributed by atoms with Crippen LogP contribution >= 0.6 is 0 Å². The number of ether oxygens (including phenoxy) is 1. The number of aromatic amines is 1. The fourth-order valence-electron chi connectivity index (χ4n) is 3.74. The van der Waals surface area contributed by atoms with E-state index < -0.39 is 6.03 Å². The number of rotatable bonds is 6. The number of amides is 2. The van der Waals surface area contributed by atoms with Crippen LogP contribution in [0.1, 0.15) is 11.1 Å². The maximum absolute atomic E-state index is 12.6. The van der Waals surface area contributed by atoms with Gasteiger partial charge < -0.3 is 10.1 Å². The zero-order valence-electron chi connectivity index (χ0n) is 18.7. The number of H-pyrrole nitrogens is 1. The lowest BCUT2D eigenvalue weighted by Gasteiger charge is -2.09. The molecule has 0 saturated carbocycles. The molecule has 3 N–H and O–H groups in total. The minimum absolute atomic E-state index is 0.259. The van der Waals surface area contributed by atoms with Gasteiger partial charge in [0.05, 0.1) is 17.1 Å². The van der Waals surface area contributed by atoms with Gasteiger partial charge in [-0.05, 0) is 47.5 Å². The third kappa shape index (κ3) is 4.97. The van der Waals surface area contributed by atoms with Gasteiger partial charge in [0.2, 0.25) is 0 Å². The highest BCUT2D eigenvalue weighted by Gasteiger charge is 2.11. The number of fused-ring (bicyclic) bond motifs is 1. The molecule has 0 spiro atoms. The average molecular weight is 460 g/mol. The smallest absolute Gasteiger partial charge is 0.324 e. The van der Waals surface area contributed by atoms with Gasteiger partial charge in [0.15, 0.2) is 5.82 Å². The first kappa shape index (κ1) is 21.7. The van der Waals surface area contributed by atoms with Crippen LogP contribution in [0.25, 0.3) is 22.0 Å². The van der Waals surface area contributed by atoms with Crippen molar-refractivity contribution in [2.24, 2.45) is 0 Å². The van der Waals surface area contributed by atoms with E-state index in [0.717, 1.165) is 22.2 Å². The summed E-state index contributed by atoms with van der Waals surface area (Å²) in [6, 6.07) is 32.2. The van der Waals surface area contributed by atoms with Gasteiger partial charge in [-0.25, -0.2) is 4.79 Å². The number of hydrogen-bond acceptors (Lipinski definition) is 4. The van der Waals surface area contributed by atoms with Crippen molar-refractivity contribution in [1.82, 2.24) is 10.2 Å². The first-order chi connectivity index (χ1) is 17.2. The van der Waals surface area contributed by atoms with Crippen LogP contribution in [0.15, 0.2) is 97.1 Å². The van der Waals surface area contributed by atoms with Crippen LogP contribution in [-0.2, 0) is 6.61 Å². The van der Waals surface area contributed by atoms with Crippen LogP contribution < -0.4 is 15.4 Å². The summed E-state index contributed by atoms with van der Waals surface area (Å²) in [5.74, 6) is 0.993. The lowest BCUT2D eigenvalue weighted by atomic mass is 10.1. The van der Waals surface area contributed by atoms with E-state index in [1.165, 1.54) is 0 Å². The van der Waals surface area contributed by atoms with Crippen LogP contribution in [0.5, 0.6) is 5.75 Å². The molecule has 0 aliphatic heterocycles. The van der Waals surface area contributed by atoms with E-state index in [4.69, 9.17) is 4.74 Å². The van der Waals surface area contributed by atoms with E-state index in [1.54, 1.807) is 12.1 Å². The second-order valence-electron chi connectivity index (χ2n) is 7.86. The summed E-state index contributed by atoms with van der Waals surface area (Å²) in [4.78, 5) is 12.6. The van der Waals surface area contributed by atoms with E-state index in [2.05, 4.69) is 26.9 Å². The van der Waals surface area contributed by atoms with Gasteiger partial charge in [-0.1, -0.05) is 60.7 Å². The van der Waals surface area contributed by atoms with Crippen molar-refractivity contribution < 1.29 is 9.53 Å². The second-order valence-corrected chi connectivity index (χ2v) is 7.86. The van der Waals surface area contributed by atoms with Crippen LogP contribution in [0.3, 0.4) is 0 Å². The SMILES string of the molecule is N#Cc1ccccc1COc1ccc2[nH]nc(NC(=O)Nc3ccc(-c4ccccc4)cc3)c2c1. The summed E-state index contributed by atoms with van der Waals surface area (Å²) in [5, 5.41) is 22.7. The lowest BCUT2D eigenvalue weighted by molar-refractivity contribution is 0.262. The summed E-state index contributed by atoms with van der Waals surface area (Å²) in [6.45, 7) is 0.259. The van der Waals surface area contributed by atoms with Gasteiger partial charge in [0.25, 0.3) is 0 Å². The predicted octanol–water partition coefficient (Wildman–Crippen LogP) is 6.32. The number of urea groups is 1. The molecule has 0 aliphatic carbocycles. The molecule has 1 heterocycles. The molecule has 35 heavy (non-hydrogen) atoms.